The summed E-state index contributed by atoms with van der Waals surface area (Å²) >= 11 is 0. The molecule has 0 spiro atoms. The monoisotopic (exact) mass is 298 g/mol. The highest BCUT2D eigenvalue weighted by molar-refractivity contribution is 5.75. The highest BCUT2D eigenvalue weighted by atomic mass is 16.5. The molecule has 2 unspecified atom stereocenters. The lowest BCUT2D eigenvalue weighted by atomic mass is 9.93. The average molecular weight is 298 g/mol. The summed E-state index contributed by atoms with van der Waals surface area (Å²) in [5.74, 6) is -0.707. The van der Waals surface area contributed by atoms with Gasteiger partial charge in [0.25, 0.3) is 0 Å². The van der Waals surface area contributed by atoms with Gasteiger partial charge in [0.05, 0.1) is 5.60 Å². The van der Waals surface area contributed by atoms with Crippen molar-refractivity contribution in [1.29, 1.82) is 0 Å². The van der Waals surface area contributed by atoms with Gasteiger partial charge in [-0.25, -0.2) is 4.79 Å². The molecule has 2 aliphatic heterocycles. The van der Waals surface area contributed by atoms with E-state index in [2.05, 4.69) is 5.32 Å². The van der Waals surface area contributed by atoms with E-state index in [4.69, 9.17) is 9.84 Å². The molecule has 2 N–H and O–H groups in total. The number of nitrogens with one attached hydrogen (secondary N) is 1. The first-order valence-electron chi connectivity index (χ1n) is 7.77. The summed E-state index contributed by atoms with van der Waals surface area (Å²) in [6.07, 6.45) is 3.56. The number of nitrogens with zero attached hydrogens (tertiary/aromatic N) is 1. The van der Waals surface area contributed by atoms with Crippen LogP contribution < -0.4 is 5.32 Å². The fourth-order valence-corrected chi connectivity index (χ4v) is 3.28. The van der Waals surface area contributed by atoms with Crippen molar-refractivity contribution < 1.29 is 19.4 Å². The van der Waals surface area contributed by atoms with Crippen LogP contribution in [-0.4, -0.2) is 53.3 Å². The van der Waals surface area contributed by atoms with Crippen LogP contribution >= 0.6 is 0 Å². The Bertz CT molecular complexity index is 397. The van der Waals surface area contributed by atoms with Crippen molar-refractivity contribution in [2.24, 2.45) is 5.92 Å². The van der Waals surface area contributed by atoms with E-state index < -0.39 is 5.97 Å². The molecule has 0 aromatic rings. The van der Waals surface area contributed by atoms with Crippen LogP contribution in [-0.2, 0) is 9.53 Å². The van der Waals surface area contributed by atoms with Crippen LogP contribution in [0.25, 0.3) is 0 Å². The number of aliphatic carboxylic acids is 1. The lowest BCUT2D eigenvalue weighted by Gasteiger charge is -2.38. The molecule has 0 bridgehead atoms. The lowest BCUT2D eigenvalue weighted by Crippen LogP contribution is -2.52. The maximum atomic E-state index is 12.3. The number of likely N-dealkylation sites (tertiary alicyclic amines) is 1. The van der Waals surface area contributed by atoms with E-state index in [1.165, 1.54) is 0 Å². The number of rotatable bonds is 3. The molecule has 21 heavy (non-hydrogen) atoms. The summed E-state index contributed by atoms with van der Waals surface area (Å²) < 4.78 is 5.65. The van der Waals surface area contributed by atoms with Crippen molar-refractivity contribution in [3.63, 3.8) is 0 Å². The molecule has 0 aliphatic carbocycles. The highest BCUT2D eigenvalue weighted by Crippen LogP contribution is 2.25. The van der Waals surface area contributed by atoms with Gasteiger partial charge in [-0.05, 0) is 45.4 Å². The van der Waals surface area contributed by atoms with Gasteiger partial charge in [-0.1, -0.05) is 0 Å². The van der Waals surface area contributed by atoms with Gasteiger partial charge in [0.2, 0.25) is 0 Å². The number of carbonyl (C=O) groups excluding carboxylic acids is 1. The number of carboxylic acid groups (broad SMARTS) is 1. The maximum absolute atomic E-state index is 12.3. The zero-order valence-corrected chi connectivity index (χ0v) is 12.9. The number of amides is 2. The molecule has 2 rings (SSSR count). The highest BCUT2D eigenvalue weighted by Gasteiger charge is 2.31. The minimum atomic E-state index is -0.784. The summed E-state index contributed by atoms with van der Waals surface area (Å²) in [6.45, 7) is 6.00. The van der Waals surface area contributed by atoms with Gasteiger partial charge >= 0.3 is 12.0 Å². The molecular weight excluding hydrogens is 272 g/mol. The second kappa shape index (κ2) is 6.64. The van der Waals surface area contributed by atoms with Crippen LogP contribution in [0.15, 0.2) is 0 Å². The summed E-state index contributed by atoms with van der Waals surface area (Å²) in [5.41, 5.74) is -0.191. The first-order chi connectivity index (χ1) is 9.85. The molecule has 2 fully saturated rings. The van der Waals surface area contributed by atoms with E-state index >= 15 is 0 Å². The van der Waals surface area contributed by atoms with Crippen LogP contribution in [0.1, 0.15) is 46.0 Å². The van der Waals surface area contributed by atoms with E-state index in [0.29, 0.717) is 19.7 Å². The summed E-state index contributed by atoms with van der Waals surface area (Å²) in [5, 5.41) is 12.0. The van der Waals surface area contributed by atoms with E-state index in [1.54, 1.807) is 4.90 Å². The number of carboxylic acids is 1. The smallest absolute Gasteiger partial charge is 0.317 e. The summed E-state index contributed by atoms with van der Waals surface area (Å²) in [6, 6.07) is 0.0777. The van der Waals surface area contributed by atoms with Crippen LogP contribution in [0.3, 0.4) is 0 Å². The zero-order valence-electron chi connectivity index (χ0n) is 12.9. The van der Waals surface area contributed by atoms with Crippen LogP contribution in [0, 0.1) is 5.92 Å². The SMILES string of the molecule is CC1(C)CC(NC(=O)N2CCCC(CC(=O)O)C2)CCO1. The van der Waals surface area contributed by atoms with Crippen LogP contribution in [0.4, 0.5) is 4.79 Å². The Balaban J connectivity index is 1.83. The fraction of sp³-hybridized carbons (Fsp3) is 0.867. The van der Waals surface area contributed by atoms with Gasteiger partial charge in [0, 0.05) is 32.2 Å². The Kier molecular flexibility index (Phi) is 5.08. The standard InChI is InChI=1S/C15H26N2O4/c1-15(2)9-12(5-7-21-15)16-14(20)17-6-3-4-11(10-17)8-13(18)19/h11-12H,3-10H2,1-2H3,(H,16,20)(H,18,19). The second-order valence-electron chi connectivity index (χ2n) is 6.80. The molecule has 2 aliphatic rings. The van der Waals surface area contributed by atoms with E-state index in [1.807, 2.05) is 13.8 Å². The van der Waals surface area contributed by atoms with Crippen molar-refractivity contribution in [2.75, 3.05) is 19.7 Å². The number of piperidine rings is 1. The molecule has 2 atom stereocenters. The minimum absolute atomic E-state index is 0.0622. The predicted octanol–water partition coefficient (Wildman–Crippen LogP) is 1.84. The van der Waals surface area contributed by atoms with Gasteiger partial charge in [0.1, 0.15) is 0 Å². The van der Waals surface area contributed by atoms with Gasteiger partial charge < -0.3 is 20.1 Å². The molecule has 120 valence electrons. The Morgan fingerprint density at radius 3 is 2.81 bits per heavy atom. The first-order valence-corrected chi connectivity index (χ1v) is 7.77. The summed E-state index contributed by atoms with van der Waals surface area (Å²) in [7, 11) is 0. The zero-order chi connectivity index (χ0) is 15.5. The lowest BCUT2D eigenvalue weighted by molar-refractivity contribution is -0.138. The Morgan fingerprint density at radius 1 is 1.38 bits per heavy atom. The number of ether oxygens (including phenoxy) is 1. The van der Waals surface area contributed by atoms with Gasteiger partial charge in [-0.15, -0.1) is 0 Å². The van der Waals surface area contributed by atoms with E-state index in [9.17, 15) is 9.59 Å². The normalized spacial score (nSPS) is 29.0. The van der Waals surface area contributed by atoms with Crippen LogP contribution in [0.2, 0.25) is 0 Å². The third-order valence-corrected chi connectivity index (χ3v) is 4.29. The fourth-order valence-electron chi connectivity index (χ4n) is 3.28. The van der Waals surface area contributed by atoms with Gasteiger partial charge in [0.15, 0.2) is 0 Å². The molecule has 2 saturated heterocycles. The molecule has 2 amide bonds. The predicted molar refractivity (Wildman–Crippen MR) is 78.1 cm³/mol. The molecule has 2 heterocycles. The molecule has 6 nitrogen and oxygen atoms in total. The topological polar surface area (TPSA) is 78.9 Å². The maximum Gasteiger partial charge on any atom is 0.317 e. The largest absolute Gasteiger partial charge is 0.481 e. The van der Waals surface area contributed by atoms with Crippen LogP contribution in [0.5, 0.6) is 0 Å². The molecule has 0 aromatic heterocycles. The van der Waals surface area contributed by atoms with Crippen molar-refractivity contribution in [1.82, 2.24) is 10.2 Å². The van der Waals surface area contributed by atoms with Gasteiger partial charge in [-0.2, -0.15) is 0 Å². The Labute approximate surface area is 125 Å². The number of hydrogen-bond donors (Lipinski definition) is 2. The number of urea groups is 1. The molecule has 0 radical (unpaired) electrons. The third kappa shape index (κ3) is 4.88. The third-order valence-electron chi connectivity index (χ3n) is 4.29. The first kappa shape index (κ1) is 16.1. The van der Waals surface area contributed by atoms with Crippen molar-refractivity contribution in [3.8, 4) is 0 Å². The molecule has 6 heteroatoms. The van der Waals surface area contributed by atoms with E-state index in [-0.39, 0.29) is 30.0 Å². The molecule has 0 saturated carbocycles. The molecule has 0 aromatic carbocycles. The second-order valence-corrected chi connectivity index (χ2v) is 6.80. The minimum Gasteiger partial charge on any atom is -0.481 e. The van der Waals surface area contributed by atoms with Gasteiger partial charge in [-0.3, -0.25) is 4.79 Å². The average Bonchev–Trinajstić information content (AvgIpc) is 2.37. The quantitative estimate of drug-likeness (QED) is 0.833. The Morgan fingerprint density at radius 2 is 2.14 bits per heavy atom. The Hall–Kier alpha value is -1.30. The molecular formula is C15H26N2O4. The van der Waals surface area contributed by atoms with E-state index in [0.717, 1.165) is 25.7 Å². The van der Waals surface area contributed by atoms with Crippen molar-refractivity contribution in [3.05, 3.63) is 0 Å². The summed E-state index contributed by atoms with van der Waals surface area (Å²) in [4.78, 5) is 24.9. The number of carbonyl (C=O) groups is 2. The van der Waals surface area contributed by atoms with Crippen molar-refractivity contribution in [2.45, 2.75) is 57.6 Å². The number of hydrogen-bond acceptors (Lipinski definition) is 3. The van der Waals surface area contributed by atoms with Crippen molar-refractivity contribution >= 4 is 12.0 Å².